The minimum Gasteiger partial charge on any atom is -0.503 e. The highest BCUT2D eigenvalue weighted by Gasteiger charge is 2.44. The summed E-state index contributed by atoms with van der Waals surface area (Å²) in [6, 6.07) is 9.71. The van der Waals surface area contributed by atoms with Gasteiger partial charge in [0.05, 0.1) is 24.0 Å². The first kappa shape index (κ1) is 22.6. The molecular weight excluding hydrogens is 396 g/mol. The number of ketones is 1. The van der Waals surface area contributed by atoms with Crippen molar-refractivity contribution in [1.29, 1.82) is 0 Å². The fourth-order valence-corrected chi connectivity index (χ4v) is 3.79. The fourth-order valence-electron chi connectivity index (χ4n) is 3.79. The molecule has 1 aliphatic rings. The van der Waals surface area contributed by atoms with E-state index >= 15 is 0 Å². The molecule has 1 aromatic heterocycles. The summed E-state index contributed by atoms with van der Waals surface area (Å²) in [6.45, 7) is 10.7. The first-order valence-electron chi connectivity index (χ1n) is 10.7. The normalized spacial score (nSPS) is 16.6. The van der Waals surface area contributed by atoms with E-state index in [1.807, 2.05) is 38.1 Å². The molecule has 0 saturated heterocycles. The number of benzene rings is 1. The number of aliphatic hydroxyl groups is 1. The van der Waals surface area contributed by atoms with Gasteiger partial charge in [0.1, 0.15) is 5.75 Å². The third-order valence-corrected chi connectivity index (χ3v) is 5.41. The van der Waals surface area contributed by atoms with Crippen LogP contribution in [0.2, 0.25) is 0 Å². The predicted octanol–water partition coefficient (Wildman–Crippen LogP) is 3.99. The van der Waals surface area contributed by atoms with Gasteiger partial charge >= 0.3 is 0 Å². The second-order valence-corrected chi connectivity index (χ2v) is 7.73. The van der Waals surface area contributed by atoms with Crippen molar-refractivity contribution in [3.05, 3.63) is 65.3 Å². The minimum atomic E-state index is -0.700. The van der Waals surface area contributed by atoms with E-state index in [1.165, 1.54) is 12.3 Å². The number of ether oxygens (including phenoxy) is 1. The lowest BCUT2D eigenvalue weighted by molar-refractivity contribution is -0.129. The van der Waals surface area contributed by atoms with Crippen molar-refractivity contribution in [2.75, 3.05) is 26.2 Å². The van der Waals surface area contributed by atoms with Crippen LogP contribution in [0.15, 0.2) is 58.4 Å². The van der Waals surface area contributed by atoms with Crippen molar-refractivity contribution in [3.63, 3.8) is 0 Å². The Balaban J connectivity index is 1.97. The molecule has 7 heteroatoms. The molecule has 0 fully saturated rings. The van der Waals surface area contributed by atoms with Gasteiger partial charge in [-0.1, -0.05) is 26.0 Å². The molecule has 2 aromatic rings. The van der Waals surface area contributed by atoms with E-state index < -0.39 is 23.5 Å². The lowest BCUT2D eigenvalue weighted by Crippen LogP contribution is -2.38. The Kier molecular flexibility index (Phi) is 7.17. The molecule has 1 amide bonds. The van der Waals surface area contributed by atoms with E-state index in [9.17, 15) is 14.7 Å². The number of likely N-dealkylation sites (N-methyl/N-ethyl adjacent to an activating group) is 1. The summed E-state index contributed by atoms with van der Waals surface area (Å²) in [5, 5.41) is 10.7. The molecule has 1 aromatic carbocycles. The number of hydrogen-bond acceptors (Lipinski definition) is 6. The van der Waals surface area contributed by atoms with Crippen LogP contribution in [0, 0.1) is 0 Å². The van der Waals surface area contributed by atoms with Gasteiger partial charge in [-0.25, -0.2) is 0 Å². The van der Waals surface area contributed by atoms with Crippen LogP contribution < -0.4 is 4.74 Å². The van der Waals surface area contributed by atoms with Gasteiger partial charge in [-0.3, -0.25) is 9.59 Å². The molecule has 2 heterocycles. The Morgan fingerprint density at radius 1 is 1.19 bits per heavy atom. The maximum absolute atomic E-state index is 13.1. The number of carbonyl (C=O) groups excluding carboxylic acids is 2. The summed E-state index contributed by atoms with van der Waals surface area (Å²) in [5.41, 5.74) is 0.764. The van der Waals surface area contributed by atoms with E-state index in [4.69, 9.17) is 9.15 Å². The van der Waals surface area contributed by atoms with Gasteiger partial charge in [0.2, 0.25) is 5.78 Å². The zero-order valence-corrected chi connectivity index (χ0v) is 18.5. The quantitative estimate of drug-likeness (QED) is 0.579. The molecule has 0 aliphatic carbocycles. The molecule has 0 unspecified atom stereocenters. The van der Waals surface area contributed by atoms with Crippen LogP contribution in [0.1, 0.15) is 49.9 Å². The van der Waals surface area contributed by atoms with Gasteiger partial charge in [0.15, 0.2) is 11.5 Å². The maximum atomic E-state index is 13.1. The minimum absolute atomic E-state index is 0.0320. The molecule has 1 atom stereocenters. The number of aliphatic hydroxyl groups excluding tert-OH is 1. The van der Waals surface area contributed by atoms with Gasteiger partial charge in [-0.2, -0.15) is 0 Å². The zero-order valence-electron chi connectivity index (χ0n) is 18.5. The summed E-state index contributed by atoms with van der Waals surface area (Å²) < 4.78 is 11.0. The number of hydrogen-bond donors (Lipinski definition) is 1. The third kappa shape index (κ3) is 4.82. The number of carbonyl (C=O) groups is 2. The Hall–Kier alpha value is -3.06. The average Bonchev–Trinajstić information content (AvgIpc) is 3.37. The lowest BCUT2D eigenvalue weighted by Gasteiger charge is -2.29. The van der Waals surface area contributed by atoms with Crippen molar-refractivity contribution in [2.24, 2.45) is 0 Å². The summed E-state index contributed by atoms with van der Waals surface area (Å²) >= 11 is 0. The highest BCUT2D eigenvalue weighted by molar-refractivity contribution is 6.15. The maximum Gasteiger partial charge on any atom is 0.290 e. The topological polar surface area (TPSA) is 83.2 Å². The Morgan fingerprint density at radius 3 is 2.42 bits per heavy atom. The number of rotatable bonds is 10. The van der Waals surface area contributed by atoms with Crippen LogP contribution in [0.25, 0.3) is 0 Å². The SMILES string of the molecule is CCN(CC)CCN1C(=O)C(O)=C(C(=O)c2ccco2)[C@@H]1c1ccc(OC(C)C)cc1. The van der Waals surface area contributed by atoms with Crippen LogP contribution in [-0.2, 0) is 4.79 Å². The smallest absolute Gasteiger partial charge is 0.290 e. The average molecular weight is 427 g/mol. The van der Waals surface area contributed by atoms with Crippen LogP contribution in [0.5, 0.6) is 5.75 Å². The molecule has 1 N–H and O–H groups in total. The second kappa shape index (κ2) is 9.83. The van der Waals surface area contributed by atoms with Gasteiger partial charge in [0, 0.05) is 13.1 Å². The lowest BCUT2D eigenvalue weighted by atomic mass is 9.95. The summed E-state index contributed by atoms with van der Waals surface area (Å²) in [6.07, 6.45) is 1.43. The van der Waals surface area contributed by atoms with E-state index in [1.54, 1.807) is 11.0 Å². The predicted molar refractivity (Wildman–Crippen MR) is 117 cm³/mol. The molecular formula is C24H30N2O5. The van der Waals surface area contributed by atoms with Gasteiger partial charge in [-0.05, 0) is 56.8 Å². The Morgan fingerprint density at radius 2 is 1.87 bits per heavy atom. The Bertz CT molecular complexity index is 927. The summed E-state index contributed by atoms with van der Waals surface area (Å²) in [7, 11) is 0. The van der Waals surface area contributed by atoms with E-state index in [0.29, 0.717) is 18.8 Å². The highest BCUT2D eigenvalue weighted by atomic mass is 16.5. The van der Waals surface area contributed by atoms with Crippen LogP contribution >= 0.6 is 0 Å². The molecule has 1 aliphatic heterocycles. The monoisotopic (exact) mass is 426 g/mol. The van der Waals surface area contributed by atoms with Crippen molar-refractivity contribution in [2.45, 2.75) is 39.8 Å². The number of amides is 1. The van der Waals surface area contributed by atoms with Crippen LogP contribution in [0.4, 0.5) is 0 Å². The number of furan rings is 1. The van der Waals surface area contributed by atoms with Crippen LogP contribution in [0.3, 0.4) is 0 Å². The van der Waals surface area contributed by atoms with Gasteiger partial charge in [-0.15, -0.1) is 0 Å². The molecule has 0 spiro atoms. The first-order chi connectivity index (χ1) is 14.9. The van der Waals surface area contributed by atoms with E-state index in [0.717, 1.165) is 18.7 Å². The number of Topliss-reactive ketones (excluding diaryl/α,β-unsaturated/α-hetero) is 1. The molecule has 166 valence electrons. The van der Waals surface area contributed by atoms with E-state index in [2.05, 4.69) is 18.7 Å². The molecule has 0 saturated carbocycles. The first-order valence-corrected chi connectivity index (χ1v) is 10.7. The van der Waals surface area contributed by atoms with Crippen molar-refractivity contribution >= 4 is 11.7 Å². The number of nitrogens with zero attached hydrogens (tertiary/aromatic N) is 2. The molecule has 0 radical (unpaired) electrons. The summed E-state index contributed by atoms with van der Waals surface area (Å²) in [4.78, 5) is 29.8. The second-order valence-electron chi connectivity index (χ2n) is 7.73. The zero-order chi connectivity index (χ0) is 22.5. The van der Waals surface area contributed by atoms with Crippen molar-refractivity contribution in [1.82, 2.24) is 9.80 Å². The van der Waals surface area contributed by atoms with Gasteiger partial charge in [0.25, 0.3) is 5.91 Å². The fraction of sp³-hybridized carbons (Fsp3) is 0.417. The van der Waals surface area contributed by atoms with E-state index in [-0.39, 0.29) is 17.4 Å². The molecule has 0 bridgehead atoms. The molecule has 31 heavy (non-hydrogen) atoms. The standard InChI is InChI=1S/C24H30N2O5/c1-5-25(6-2)13-14-26-21(17-9-11-18(12-10-17)31-16(3)4)20(23(28)24(26)29)22(27)19-8-7-15-30-19/h7-12,15-16,21,28H,5-6,13-14H2,1-4H3/t21-/m0/s1. The molecule has 7 nitrogen and oxygen atoms in total. The van der Waals surface area contributed by atoms with Gasteiger partial charge < -0.3 is 24.1 Å². The van der Waals surface area contributed by atoms with Crippen molar-refractivity contribution in [3.8, 4) is 5.75 Å². The van der Waals surface area contributed by atoms with Crippen molar-refractivity contribution < 1.29 is 23.8 Å². The highest BCUT2D eigenvalue weighted by Crippen LogP contribution is 2.39. The third-order valence-electron chi connectivity index (χ3n) is 5.41. The summed E-state index contributed by atoms with van der Waals surface area (Å²) in [5.74, 6) is -0.772. The van der Waals surface area contributed by atoms with Crippen LogP contribution in [-0.4, -0.2) is 58.9 Å². The largest absolute Gasteiger partial charge is 0.503 e. The Labute approximate surface area is 182 Å². The molecule has 3 rings (SSSR count).